The van der Waals surface area contributed by atoms with Crippen LogP contribution in [-0.2, 0) is 19.4 Å². The summed E-state index contributed by atoms with van der Waals surface area (Å²) in [4.78, 5) is 22.9. The average Bonchev–Trinajstić information content (AvgIpc) is 2.63. The summed E-state index contributed by atoms with van der Waals surface area (Å²) in [5.74, 6) is -2.87. The molecule has 0 aliphatic rings. The van der Waals surface area contributed by atoms with Crippen LogP contribution in [0.15, 0.2) is 53.4 Å². The lowest BCUT2D eigenvalue weighted by atomic mass is 10.2. The van der Waals surface area contributed by atoms with E-state index in [0.717, 1.165) is 19.2 Å². The average molecular weight is 380 g/mol. The number of benzene rings is 2. The summed E-state index contributed by atoms with van der Waals surface area (Å²) in [6.07, 6.45) is 0. The van der Waals surface area contributed by atoms with Gasteiger partial charge in [-0.1, -0.05) is 18.2 Å². The van der Waals surface area contributed by atoms with Crippen molar-refractivity contribution in [3.63, 3.8) is 0 Å². The van der Waals surface area contributed by atoms with Gasteiger partial charge in [0.25, 0.3) is 0 Å². The highest BCUT2D eigenvalue weighted by Crippen LogP contribution is 2.24. The van der Waals surface area contributed by atoms with Crippen molar-refractivity contribution in [1.82, 2.24) is 0 Å². The number of aromatic hydroxyl groups is 1. The molecule has 0 aliphatic heterocycles. The quantitative estimate of drug-likeness (QED) is 0.692. The van der Waals surface area contributed by atoms with Gasteiger partial charge in [0.05, 0.1) is 12.0 Å². The molecule has 0 saturated carbocycles. The van der Waals surface area contributed by atoms with Crippen molar-refractivity contribution in [3.05, 3.63) is 54.1 Å². The summed E-state index contributed by atoms with van der Waals surface area (Å²) in [5.41, 5.74) is -0.414. The molecular weight excluding hydrogens is 364 g/mol. The fraction of sp³-hybridized carbons (Fsp3) is 0.176. The minimum absolute atomic E-state index is 0.0163. The molecule has 138 valence electrons. The van der Waals surface area contributed by atoms with E-state index in [4.69, 9.17) is 9.84 Å². The van der Waals surface area contributed by atoms with Crippen molar-refractivity contribution in [2.75, 3.05) is 13.7 Å². The van der Waals surface area contributed by atoms with Gasteiger partial charge >= 0.3 is 11.9 Å². The number of ether oxygens (including phenoxy) is 2. The molecule has 2 rings (SSSR count). The number of methoxy groups -OCH3 is 1. The van der Waals surface area contributed by atoms with Gasteiger partial charge in [-0.2, -0.15) is 0 Å². The van der Waals surface area contributed by atoms with Crippen molar-refractivity contribution in [1.29, 1.82) is 0 Å². The van der Waals surface area contributed by atoms with E-state index in [-0.39, 0.29) is 10.6 Å². The van der Waals surface area contributed by atoms with Gasteiger partial charge < -0.3 is 19.7 Å². The third kappa shape index (κ3) is 4.12. The molecule has 26 heavy (non-hydrogen) atoms. The second-order valence-electron chi connectivity index (χ2n) is 5.16. The van der Waals surface area contributed by atoms with Crippen LogP contribution in [0.25, 0.3) is 0 Å². The summed E-state index contributed by atoms with van der Waals surface area (Å²) in [6.45, 7) is -0.590. The number of hydrogen-bond acceptors (Lipinski definition) is 7. The molecule has 0 aliphatic carbocycles. The van der Waals surface area contributed by atoms with Crippen LogP contribution in [-0.4, -0.2) is 49.5 Å². The van der Waals surface area contributed by atoms with E-state index in [0.29, 0.717) is 0 Å². The number of carbonyl (C=O) groups excluding carboxylic acids is 1. The van der Waals surface area contributed by atoms with Crippen molar-refractivity contribution in [2.45, 2.75) is 10.1 Å². The van der Waals surface area contributed by atoms with E-state index in [1.807, 2.05) is 0 Å². The van der Waals surface area contributed by atoms with Crippen LogP contribution < -0.4 is 4.74 Å². The highest BCUT2D eigenvalue weighted by molar-refractivity contribution is 7.92. The van der Waals surface area contributed by atoms with Gasteiger partial charge in [-0.05, 0) is 30.3 Å². The smallest absolute Gasteiger partial charge is 0.339 e. The number of carbonyl (C=O) groups is 2. The predicted molar refractivity (Wildman–Crippen MR) is 90.0 cm³/mol. The molecule has 9 heteroatoms. The van der Waals surface area contributed by atoms with Crippen LogP contribution in [0.1, 0.15) is 10.4 Å². The zero-order valence-electron chi connectivity index (χ0n) is 13.7. The minimum Gasteiger partial charge on any atom is -0.507 e. The summed E-state index contributed by atoms with van der Waals surface area (Å²) in [7, 11) is -3.03. The Morgan fingerprint density at radius 2 is 1.77 bits per heavy atom. The van der Waals surface area contributed by atoms with Gasteiger partial charge in [-0.25, -0.2) is 13.2 Å². The molecule has 8 nitrogen and oxygen atoms in total. The van der Waals surface area contributed by atoms with E-state index >= 15 is 0 Å². The lowest BCUT2D eigenvalue weighted by Crippen LogP contribution is -2.37. The number of carboxylic acids is 1. The van der Waals surface area contributed by atoms with Gasteiger partial charge in [0, 0.05) is 0 Å². The third-order valence-electron chi connectivity index (χ3n) is 3.51. The number of phenols is 1. The van der Waals surface area contributed by atoms with E-state index < -0.39 is 44.9 Å². The molecule has 0 fully saturated rings. The molecule has 1 atom stereocenters. The SMILES string of the molecule is COC(=O)C(COc1ccc(O)c(C(=O)O)c1)S(=O)(=O)c1ccccc1. The maximum absolute atomic E-state index is 12.7. The molecule has 0 saturated heterocycles. The molecule has 0 radical (unpaired) electrons. The zero-order valence-corrected chi connectivity index (χ0v) is 14.5. The van der Waals surface area contributed by atoms with Crippen molar-refractivity contribution in [2.24, 2.45) is 0 Å². The van der Waals surface area contributed by atoms with Crippen molar-refractivity contribution in [3.8, 4) is 11.5 Å². The Morgan fingerprint density at radius 3 is 2.35 bits per heavy atom. The predicted octanol–water partition coefficient (Wildman–Crippen LogP) is 1.48. The largest absolute Gasteiger partial charge is 0.507 e. The van der Waals surface area contributed by atoms with Gasteiger partial charge in [0.15, 0.2) is 15.1 Å². The molecule has 0 heterocycles. The van der Waals surface area contributed by atoms with E-state index in [1.165, 1.54) is 30.3 Å². The first-order valence-corrected chi connectivity index (χ1v) is 8.88. The third-order valence-corrected chi connectivity index (χ3v) is 5.52. The zero-order chi connectivity index (χ0) is 19.3. The van der Waals surface area contributed by atoms with Crippen LogP contribution in [0, 0.1) is 0 Å². The second kappa shape index (κ2) is 7.87. The maximum atomic E-state index is 12.7. The van der Waals surface area contributed by atoms with Gasteiger partial charge in [-0.15, -0.1) is 0 Å². The standard InChI is InChI=1S/C17H16O8S/c1-24-17(21)15(26(22,23)12-5-3-2-4-6-12)10-25-11-7-8-14(18)13(9-11)16(19)20/h2-9,15,18H,10H2,1H3,(H,19,20). The first-order valence-electron chi connectivity index (χ1n) is 7.33. The molecule has 2 aromatic rings. The molecule has 1 unspecified atom stereocenters. The van der Waals surface area contributed by atoms with Crippen LogP contribution in [0.3, 0.4) is 0 Å². The first kappa shape index (κ1) is 19.3. The monoisotopic (exact) mass is 380 g/mol. The van der Waals surface area contributed by atoms with Crippen LogP contribution >= 0.6 is 0 Å². The Hall–Kier alpha value is -3.07. The van der Waals surface area contributed by atoms with Crippen molar-refractivity contribution >= 4 is 21.8 Å². The van der Waals surface area contributed by atoms with Crippen LogP contribution in [0.5, 0.6) is 11.5 Å². The van der Waals surface area contributed by atoms with E-state index in [1.54, 1.807) is 6.07 Å². The lowest BCUT2D eigenvalue weighted by molar-refractivity contribution is -0.140. The summed E-state index contributed by atoms with van der Waals surface area (Å²) in [5, 5.41) is 16.8. The summed E-state index contributed by atoms with van der Waals surface area (Å²) in [6, 6.07) is 10.7. The number of aromatic carboxylic acids is 1. The summed E-state index contributed by atoms with van der Waals surface area (Å²) >= 11 is 0. The Bertz CT molecular complexity index is 906. The van der Waals surface area contributed by atoms with Gasteiger partial charge in [-0.3, -0.25) is 4.79 Å². The normalized spacial score (nSPS) is 12.2. The van der Waals surface area contributed by atoms with Gasteiger partial charge in [0.2, 0.25) is 0 Å². The maximum Gasteiger partial charge on any atom is 0.339 e. The van der Waals surface area contributed by atoms with Crippen LogP contribution in [0.4, 0.5) is 0 Å². The number of esters is 1. The second-order valence-corrected chi connectivity index (χ2v) is 7.30. The molecule has 0 bridgehead atoms. The minimum atomic E-state index is -4.08. The molecule has 0 spiro atoms. The molecule has 2 N–H and O–H groups in total. The highest BCUT2D eigenvalue weighted by Gasteiger charge is 2.36. The number of sulfone groups is 1. The molecule has 0 amide bonds. The summed E-state index contributed by atoms with van der Waals surface area (Å²) < 4.78 is 35.2. The Morgan fingerprint density at radius 1 is 1.12 bits per heavy atom. The number of hydrogen-bond donors (Lipinski definition) is 2. The van der Waals surface area contributed by atoms with Crippen LogP contribution in [0.2, 0.25) is 0 Å². The fourth-order valence-electron chi connectivity index (χ4n) is 2.14. The van der Waals surface area contributed by atoms with E-state index in [2.05, 4.69) is 4.74 Å². The number of carboxylic acid groups (broad SMARTS) is 1. The fourth-order valence-corrected chi connectivity index (χ4v) is 3.60. The molecule has 2 aromatic carbocycles. The Labute approximate surface area is 149 Å². The van der Waals surface area contributed by atoms with Gasteiger partial charge in [0.1, 0.15) is 23.7 Å². The molecular formula is C17H16O8S. The number of rotatable bonds is 7. The Kier molecular flexibility index (Phi) is 5.83. The Balaban J connectivity index is 2.29. The highest BCUT2D eigenvalue weighted by atomic mass is 32.2. The molecule has 0 aromatic heterocycles. The van der Waals surface area contributed by atoms with Crippen molar-refractivity contribution < 1.29 is 37.7 Å². The topological polar surface area (TPSA) is 127 Å². The van der Waals surface area contributed by atoms with E-state index in [9.17, 15) is 23.1 Å². The first-order chi connectivity index (χ1) is 12.3. The lowest BCUT2D eigenvalue weighted by Gasteiger charge is -2.17.